The molecule has 7 heteroatoms. The smallest absolute Gasteiger partial charge is 0.271 e. The molecule has 0 saturated heterocycles. The number of rotatable bonds is 2. The predicted octanol–water partition coefficient (Wildman–Crippen LogP) is 3.96. The molecule has 1 N–H and O–H groups in total. The SMILES string of the molecule is C[C@H]1C(=O)Nc2ccc([N+](=O)[O-])cc2N=C1c1ccccc1Cl. The lowest BCUT2D eigenvalue weighted by Crippen LogP contribution is -2.26. The molecule has 0 unspecified atom stereocenters. The molecule has 3 rings (SSSR count). The Balaban J connectivity index is 2.21. The van der Waals surface area contributed by atoms with E-state index in [0.29, 0.717) is 27.7 Å². The second-order valence-corrected chi connectivity index (χ2v) is 5.55. The summed E-state index contributed by atoms with van der Waals surface area (Å²) in [5, 5.41) is 14.2. The topological polar surface area (TPSA) is 84.6 Å². The van der Waals surface area contributed by atoms with Crippen molar-refractivity contribution in [3.63, 3.8) is 0 Å². The van der Waals surface area contributed by atoms with Crippen molar-refractivity contribution in [2.45, 2.75) is 6.92 Å². The zero-order valence-corrected chi connectivity index (χ0v) is 12.9. The number of benzene rings is 2. The summed E-state index contributed by atoms with van der Waals surface area (Å²) in [7, 11) is 0. The van der Waals surface area contributed by atoms with Gasteiger partial charge in [-0.25, -0.2) is 4.99 Å². The molecule has 1 aliphatic rings. The largest absolute Gasteiger partial charge is 0.324 e. The third kappa shape index (κ3) is 2.80. The average molecular weight is 330 g/mol. The Morgan fingerprint density at radius 2 is 2.00 bits per heavy atom. The van der Waals surface area contributed by atoms with E-state index < -0.39 is 10.8 Å². The number of nitro groups is 1. The van der Waals surface area contributed by atoms with Crippen molar-refractivity contribution >= 4 is 40.3 Å². The number of hydrogen-bond donors (Lipinski definition) is 1. The van der Waals surface area contributed by atoms with Gasteiger partial charge in [-0.1, -0.05) is 29.8 Å². The Morgan fingerprint density at radius 1 is 1.26 bits per heavy atom. The van der Waals surface area contributed by atoms with Gasteiger partial charge in [-0.05, 0) is 19.1 Å². The number of nitrogens with one attached hydrogen (secondary N) is 1. The second kappa shape index (κ2) is 5.81. The van der Waals surface area contributed by atoms with Crippen LogP contribution in [0.3, 0.4) is 0 Å². The number of amides is 1. The Kier molecular flexibility index (Phi) is 3.83. The number of carbonyl (C=O) groups excluding carboxylic acids is 1. The first-order valence-electron chi connectivity index (χ1n) is 6.90. The fourth-order valence-corrected chi connectivity index (χ4v) is 2.62. The Bertz CT molecular complexity index is 848. The first-order valence-corrected chi connectivity index (χ1v) is 7.28. The highest BCUT2D eigenvalue weighted by Gasteiger charge is 2.27. The molecule has 23 heavy (non-hydrogen) atoms. The maximum absolute atomic E-state index is 12.3. The molecule has 1 aliphatic heterocycles. The van der Waals surface area contributed by atoms with Gasteiger partial charge in [0.05, 0.1) is 27.9 Å². The summed E-state index contributed by atoms with van der Waals surface area (Å²) in [4.78, 5) is 27.3. The van der Waals surface area contributed by atoms with Crippen LogP contribution >= 0.6 is 11.6 Å². The van der Waals surface area contributed by atoms with Gasteiger partial charge in [0.2, 0.25) is 5.91 Å². The number of hydrogen-bond acceptors (Lipinski definition) is 4. The summed E-state index contributed by atoms with van der Waals surface area (Å²) in [5.41, 5.74) is 1.81. The van der Waals surface area contributed by atoms with E-state index in [1.807, 2.05) is 0 Å². The highest BCUT2D eigenvalue weighted by atomic mass is 35.5. The minimum atomic E-state index is -0.540. The van der Waals surface area contributed by atoms with Gasteiger partial charge in [0.1, 0.15) is 0 Å². The molecule has 0 bridgehead atoms. The highest BCUT2D eigenvalue weighted by Crippen LogP contribution is 2.34. The molecule has 0 aromatic heterocycles. The fraction of sp³-hybridized carbons (Fsp3) is 0.125. The van der Waals surface area contributed by atoms with Crippen molar-refractivity contribution in [2.75, 3.05) is 5.32 Å². The summed E-state index contributed by atoms with van der Waals surface area (Å²) in [6.07, 6.45) is 0. The molecule has 1 atom stereocenters. The predicted molar refractivity (Wildman–Crippen MR) is 88.5 cm³/mol. The van der Waals surface area contributed by atoms with Gasteiger partial charge in [0.15, 0.2) is 0 Å². The van der Waals surface area contributed by atoms with Gasteiger partial charge < -0.3 is 5.32 Å². The van der Waals surface area contributed by atoms with E-state index in [-0.39, 0.29) is 11.6 Å². The molecule has 0 aliphatic carbocycles. The van der Waals surface area contributed by atoms with E-state index in [9.17, 15) is 14.9 Å². The highest BCUT2D eigenvalue weighted by molar-refractivity contribution is 6.35. The van der Waals surface area contributed by atoms with Crippen LogP contribution in [0, 0.1) is 16.0 Å². The molecule has 1 amide bonds. The lowest BCUT2D eigenvalue weighted by atomic mass is 9.97. The zero-order chi connectivity index (χ0) is 16.6. The van der Waals surface area contributed by atoms with Crippen LogP contribution in [0.1, 0.15) is 12.5 Å². The zero-order valence-electron chi connectivity index (χ0n) is 12.1. The maximum atomic E-state index is 12.3. The van der Waals surface area contributed by atoms with Gasteiger partial charge in [0, 0.05) is 22.7 Å². The molecule has 2 aromatic carbocycles. The summed E-state index contributed by atoms with van der Waals surface area (Å²) in [6.45, 7) is 1.72. The molecule has 116 valence electrons. The number of fused-ring (bicyclic) bond motifs is 1. The summed E-state index contributed by atoms with van der Waals surface area (Å²) in [6, 6.07) is 11.2. The van der Waals surface area contributed by atoms with Crippen molar-refractivity contribution in [1.29, 1.82) is 0 Å². The van der Waals surface area contributed by atoms with E-state index in [2.05, 4.69) is 10.3 Å². The maximum Gasteiger partial charge on any atom is 0.271 e. The first kappa shape index (κ1) is 15.2. The second-order valence-electron chi connectivity index (χ2n) is 5.15. The van der Waals surface area contributed by atoms with Crippen LogP contribution in [-0.2, 0) is 4.79 Å². The van der Waals surface area contributed by atoms with Crippen LogP contribution in [0.25, 0.3) is 0 Å². The Morgan fingerprint density at radius 3 is 2.70 bits per heavy atom. The minimum Gasteiger partial charge on any atom is -0.324 e. The third-order valence-electron chi connectivity index (χ3n) is 3.64. The van der Waals surface area contributed by atoms with Crippen molar-refractivity contribution in [3.05, 3.63) is 63.2 Å². The van der Waals surface area contributed by atoms with Gasteiger partial charge in [-0.3, -0.25) is 14.9 Å². The van der Waals surface area contributed by atoms with Crippen molar-refractivity contribution in [3.8, 4) is 0 Å². The Hall–Kier alpha value is -2.73. The number of halogens is 1. The number of anilines is 1. The van der Waals surface area contributed by atoms with Crippen molar-refractivity contribution < 1.29 is 9.72 Å². The van der Waals surface area contributed by atoms with E-state index >= 15 is 0 Å². The Labute approximate surface area is 137 Å². The summed E-state index contributed by atoms with van der Waals surface area (Å²) in [5.74, 6) is -0.780. The lowest BCUT2D eigenvalue weighted by Gasteiger charge is -2.12. The van der Waals surface area contributed by atoms with Crippen molar-refractivity contribution in [1.82, 2.24) is 0 Å². The third-order valence-corrected chi connectivity index (χ3v) is 3.97. The average Bonchev–Trinajstić information content (AvgIpc) is 2.65. The number of non-ortho nitro benzene ring substituents is 1. The fourth-order valence-electron chi connectivity index (χ4n) is 2.39. The summed E-state index contributed by atoms with van der Waals surface area (Å²) >= 11 is 6.21. The molecule has 1 heterocycles. The molecular weight excluding hydrogens is 318 g/mol. The van der Waals surface area contributed by atoms with Gasteiger partial charge in [-0.15, -0.1) is 0 Å². The molecule has 0 fully saturated rings. The van der Waals surface area contributed by atoms with Crippen molar-refractivity contribution in [2.24, 2.45) is 10.9 Å². The van der Waals surface area contributed by atoms with Crippen LogP contribution in [0.2, 0.25) is 5.02 Å². The quantitative estimate of drug-likeness (QED) is 0.668. The molecule has 0 saturated carbocycles. The van der Waals surface area contributed by atoms with Crippen LogP contribution in [0.5, 0.6) is 0 Å². The van der Waals surface area contributed by atoms with Gasteiger partial charge >= 0.3 is 0 Å². The first-order chi connectivity index (χ1) is 11.0. The standard InChI is InChI=1S/C16H12ClN3O3/c1-9-15(11-4-2-3-5-12(11)17)18-14-8-10(20(22)23)6-7-13(14)19-16(9)21/h2-9H,1H3,(H,19,21)/t9-/m1/s1. The molecule has 0 radical (unpaired) electrons. The normalized spacial score (nSPS) is 16.9. The molecular formula is C16H12ClN3O3. The lowest BCUT2D eigenvalue weighted by molar-refractivity contribution is -0.384. The van der Waals surface area contributed by atoms with Gasteiger partial charge in [-0.2, -0.15) is 0 Å². The molecule has 6 nitrogen and oxygen atoms in total. The number of nitrogens with zero attached hydrogens (tertiary/aromatic N) is 2. The van der Waals surface area contributed by atoms with E-state index in [1.54, 1.807) is 31.2 Å². The van der Waals surface area contributed by atoms with Crippen LogP contribution in [0.4, 0.5) is 17.1 Å². The van der Waals surface area contributed by atoms with Gasteiger partial charge in [0.25, 0.3) is 5.69 Å². The minimum absolute atomic E-state index is 0.0881. The summed E-state index contributed by atoms with van der Waals surface area (Å²) < 4.78 is 0. The number of nitro benzene ring substituents is 1. The van der Waals surface area contributed by atoms with E-state index in [0.717, 1.165) is 0 Å². The molecule has 0 spiro atoms. The van der Waals surface area contributed by atoms with Crippen LogP contribution in [-0.4, -0.2) is 16.5 Å². The number of carbonyl (C=O) groups is 1. The number of aliphatic imine (C=N–C) groups is 1. The monoisotopic (exact) mass is 329 g/mol. The molecule has 2 aromatic rings. The van der Waals surface area contributed by atoms with Crippen LogP contribution in [0.15, 0.2) is 47.5 Å². The van der Waals surface area contributed by atoms with E-state index in [4.69, 9.17) is 11.6 Å². The van der Waals surface area contributed by atoms with E-state index in [1.165, 1.54) is 18.2 Å². The van der Waals surface area contributed by atoms with Crippen LogP contribution < -0.4 is 5.32 Å².